The van der Waals surface area contributed by atoms with Crippen molar-refractivity contribution in [3.05, 3.63) is 34.8 Å². The number of fused-ring (bicyclic) bond motifs is 7. The molecule has 5 aliphatic rings. The van der Waals surface area contributed by atoms with Gasteiger partial charge in [-0.05, 0) is 91.4 Å². The fourth-order valence-electron chi connectivity index (χ4n) is 10.7. The van der Waals surface area contributed by atoms with Crippen molar-refractivity contribution < 1.29 is 19.2 Å². The van der Waals surface area contributed by atoms with Crippen LogP contribution in [0.4, 0.5) is 0 Å². The van der Waals surface area contributed by atoms with E-state index in [4.69, 9.17) is 17.1 Å². The van der Waals surface area contributed by atoms with Crippen molar-refractivity contribution in [2.24, 2.45) is 67.6 Å². The first-order chi connectivity index (χ1) is 19.0. The molecule has 0 bridgehead atoms. The molecule has 41 heavy (non-hydrogen) atoms. The second kappa shape index (κ2) is 9.38. The Morgan fingerprint density at radius 1 is 1.10 bits per heavy atom. The predicted molar refractivity (Wildman–Crippen MR) is 158 cm³/mol. The van der Waals surface area contributed by atoms with Gasteiger partial charge in [0, 0.05) is 16.7 Å². The Morgan fingerprint density at radius 3 is 2.41 bits per heavy atom. The number of allylic oxidation sites excluding steroid dienone is 4. The molecule has 0 aromatic rings. The number of carbonyl (C=O) groups is 3. The van der Waals surface area contributed by atoms with Crippen LogP contribution in [0.1, 0.15) is 100 Å². The number of carbonyl (C=O) groups excluding carboxylic acids is 3. The normalized spacial score (nSPS) is 45.1. The summed E-state index contributed by atoms with van der Waals surface area (Å²) in [6, 6.07) is 0. The Labute approximate surface area is 245 Å². The molecular weight excluding hydrogens is 514 g/mol. The Morgan fingerprint density at radius 2 is 1.78 bits per heavy atom. The molecule has 0 aromatic carbocycles. The average molecular weight is 562 g/mol. The molecule has 5 aliphatic carbocycles. The molecular formula is C34H47N3O4. The van der Waals surface area contributed by atoms with Gasteiger partial charge in [0.15, 0.2) is 11.6 Å². The molecule has 3 saturated carbocycles. The number of hydrogen-bond donors (Lipinski definition) is 1. The van der Waals surface area contributed by atoms with Gasteiger partial charge in [-0.15, -0.1) is 0 Å². The summed E-state index contributed by atoms with van der Waals surface area (Å²) in [5.41, 5.74) is 4.80. The van der Waals surface area contributed by atoms with Gasteiger partial charge >= 0.3 is 5.97 Å². The highest BCUT2D eigenvalue weighted by Crippen LogP contribution is 2.75. The van der Waals surface area contributed by atoms with Gasteiger partial charge in [-0.25, -0.2) is 9.64 Å². The van der Waals surface area contributed by atoms with Crippen LogP contribution in [0.15, 0.2) is 28.6 Å². The second-order valence-electron chi connectivity index (χ2n) is 15.4. The fraction of sp³-hybridized carbons (Fsp3) is 0.735. The second-order valence-corrected chi connectivity index (χ2v) is 15.4. The first-order valence-corrected chi connectivity index (χ1v) is 15.4. The molecule has 0 amide bonds. The van der Waals surface area contributed by atoms with Crippen LogP contribution in [0.25, 0.3) is 4.85 Å². The quantitative estimate of drug-likeness (QED) is 0.137. The number of oxime groups is 1. The summed E-state index contributed by atoms with van der Waals surface area (Å²) in [5, 5.41) is 3.73. The average Bonchev–Trinajstić information content (AvgIpc) is 2.89. The Hall–Kier alpha value is -2.75. The van der Waals surface area contributed by atoms with Crippen molar-refractivity contribution in [1.82, 2.24) is 0 Å². The number of rotatable bonds is 3. The van der Waals surface area contributed by atoms with Crippen LogP contribution in [0, 0.1) is 63.2 Å². The predicted octanol–water partition coefficient (Wildman–Crippen LogP) is 6.64. The summed E-state index contributed by atoms with van der Waals surface area (Å²) in [4.78, 5) is 49.8. The third-order valence-corrected chi connectivity index (χ3v) is 13.2. The molecule has 0 unspecified atom stereocenters. The summed E-state index contributed by atoms with van der Waals surface area (Å²) in [6.07, 6.45) is 9.43. The number of Topliss-reactive ketones (excluding diaryl/α,β-unsaturated/α-hetero) is 1. The van der Waals surface area contributed by atoms with E-state index >= 15 is 0 Å². The molecule has 5 rings (SSSR count). The lowest BCUT2D eigenvalue weighted by Gasteiger charge is -2.69. The number of nitrogens with zero attached hydrogens (tertiary/aromatic N) is 2. The highest BCUT2D eigenvalue weighted by Gasteiger charge is 2.70. The van der Waals surface area contributed by atoms with E-state index in [-0.39, 0.29) is 75.4 Å². The summed E-state index contributed by atoms with van der Waals surface area (Å²) in [5.74, 6) is 0.471. The fourth-order valence-corrected chi connectivity index (χ4v) is 10.7. The van der Waals surface area contributed by atoms with Crippen molar-refractivity contribution in [3.8, 4) is 0 Å². The summed E-state index contributed by atoms with van der Waals surface area (Å²) in [7, 11) is 0. The van der Waals surface area contributed by atoms with Gasteiger partial charge < -0.3 is 15.4 Å². The van der Waals surface area contributed by atoms with E-state index in [1.807, 2.05) is 26.0 Å². The van der Waals surface area contributed by atoms with Crippen LogP contribution >= 0.6 is 0 Å². The minimum absolute atomic E-state index is 0.0258. The first kappa shape index (κ1) is 29.7. The zero-order chi connectivity index (χ0) is 30.3. The molecule has 0 saturated heterocycles. The molecule has 0 spiro atoms. The molecule has 222 valence electrons. The van der Waals surface area contributed by atoms with Crippen LogP contribution in [0.5, 0.6) is 0 Å². The maximum Gasteiger partial charge on any atom is 0.335 e. The van der Waals surface area contributed by atoms with Gasteiger partial charge in [-0.1, -0.05) is 65.3 Å². The monoisotopic (exact) mass is 561 g/mol. The molecule has 9 atom stereocenters. The number of nitrogens with two attached hydrogens (primary N) is 1. The SMILES string of the molecule is [C-]#[N+]C1=C[C@]2(C)C3=CC(=O)[C@@H]4[C@@H]5[C@@H](C)[C@H](C)CC[C@]5(CC(=O)O/N=C(/C)N)CC[C@@]4(C)[C@]3(C)CC[C@H]2C(C)(C)C1=O. The van der Waals surface area contributed by atoms with Crippen molar-refractivity contribution in [3.63, 3.8) is 0 Å². The molecule has 2 N–H and O–H groups in total. The zero-order valence-electron chi connectivity index (χ0n) is 26.1. The lowest BCUT2D eigenvalue weighted by molar-refractivity contribution is -0.184. The molecule has 0 heterocycles. The first-order valence-electron chi connectivity index (χ1n) is 15.4. The summed E-state index contributed by atoms with van der Waals surface area (Å²) < 4.78 is 0. The molecule has 0 radical (unpaired) electrons. The minimum Gasteiger partial charge on any atom is -0.385 e. The highest BCUT2D eigenvalue weighted by molar-refractivity contribution is 6.03. The largest absolute Gasteiger partial charge is 0.385 e. The highest BCUT2D eigenvalue weighted by atomic mass is 16.7. The van der Waals surface area contributed by atoms with Crippen LogP contribution in [-0.4, -0.2) is 23.4 Å². The van der Waals surface area contributed by atoms with Crippen molar-refractivity contribution in [2.75, 3.05) is 0 Å². The molecule has 0 aliphatic heterocycles. The standard InChI is InChI=1S/C34H47N3O4/c1-19-10-13-34(18-26(39)41-37-21(3)35)15-14-33(8)28(27(34)20(19)2)23(38)16-25-31(6)17-22(36-9)29(40)30(4,5)24(31)11-12-32(25,33)7/h16-17,19-20,24,27-28H,10-15,18H2,1-8H3,(H2,35,37)/t19-,20+,24+,27+,28-,31+,32-,33-,34-/m1/s1. The van der Waals surface area contributed by atoms with E-state index in [0.29, 0.717) is 5.92 Å². The number of hydrogen-bond acceptors (Lipinski definition) is 5. The molecule has 7 nitrogen and oxygen atoms in total. The van der Waals surface area contributed by atoms with E-state index in [2.05, 4.69) is 44.6 Å². The molecule has 3 fully saturated rings. The van der Waals surface area contributed by atoms with Gasteiger partial charge in [0.05, 0.1) is 13.0 Å². The Balaban J connectivity index is 1.64. The maximum absolute atomic E-state index is 14.6. The topological polar surface area (TPSA) is 103 Å². The van der Waals surface area contributed by atoms with Gasteiger partial charge in [0.2, 0.25) is 5.70 Å². The number of amidine groups is 1. The molecule has 0 aromatic heterocycles. The lowest BCUT2D eigenvalue weighted by atomic mass is 9.33. The van der Waals surface area contributed by atoms with Gasteiger partial charge in [0.1, 0.15) is 5.84 Å². The van der Waals surface area contributed by atoms with Crippen LogP contribution in [-0.2, 0) is 19.2 Å². The van der Waals surface area contributed by atoms with Crippen molar-refractivity contribution in [1.29, 1.82) is 0 Å². The summed E-state index contributed by atoms with van der Waals surface area (Å²) >= 11 is 0. The van der Waals surface area contributed by atoms with E-state index in [1.54, 1.807) is 6.92 Å². The van der Waals surface area contributed by atoms with Crippen molar-refractivity contribution in [2.45, 2.75) is 100 Å². The van der Waals surface area contributed by atoms with Crippen LogP contribution < -0.4 is 5.73 Å². The van der Waals surface area contributed by atoms with Crippen LogP contribution in [0.2, 0.25) is 0 Å². The Bertz CT molecular complexity index is 1330. The van der Waals surface area contributed by atoms with Gasteiger partial charge in [0.25, 0.3) is 0 Å². The minimum atomic E-state index is -0.674. The lowest BCUT2D eigenvalue weighted by Crippen LogP contribution is -2.65. The third-order valence-electron chi connectivity index (χ3n) is 13.2. The smallest absolute Gasteiger partial charge is 0.335 e. The van der Waals surface area contributed by atoms with E-state index in [1.165, 1.54) is 0 Å². The van der Waals surface area contributed by atoms with Gasteiger partial charge in [-0.3, -0.25) is 4.79 Å². The third kappa shape index (κ3) is 3.95. The summed E-state index contributed by atoms with van der Waals surface area (Å²) in [6.45, 7) is 24.7. The Kier molecular flexibility index (Phi) is 6.80. The van der Waals surface area contributed by atoms with E-state index < -0.39 is 10.8 Å². The maximum atomic E-state index is 14.6. The number of ketones is 2. The van der Waals surface area contributed by atoms with E-state index in [9.17, 15) is 14.4 Å². The van der Waals surface area contributed by atoms with Crippen LogP contribution in [0.3, 0.4) is 0 Å². The van der Waals surface area contributed by atoms with Gasteiger partial charge in [-0.2, -0.15) is 0 Å². The van der Waals surface area contributed by atoms with E-state index in [0.717, 1.165) is 44.1 Å². The molecule has 7 heteroatoms. The van der Waals surface area contributed by atoms with Crippen molar-refractivity contribution >= 4 is 23.4 Å². The zero-order valence-corrected chi connectivity index (χ0v) is 26.1.